The Morgan fingerprint density at radius 2 is 0.908 bits per heavy atom. The van der Waals surface area contributed by atoms with Crippen molar-refractivity contribution in [2.24, 2.45) is 7.05 Å². The van der Waals surface area contributed by atoms with Crippen molar-refractivity contribution >= 4 is 117 Å². The molecular formula is C78H90N20. The highest BCUT2D eigenvalue weighted by molar-refractivity contribution is 5.89. The molecule has 0 radical (unpaired) electrons. The third-order valence-electron chi connectivity index (χ3n) is 16.6. The summed E-state index contributed by atoms with van der Waals surface area (Å²) in [6, 6.07) is 53.1. The van der Waals surface area contributed by atoms with Crippen molar-refractivity contribution in [1.82, 2.24) is 95.2 Å². The third kappa shape index (κ3) is 12.8. The molecule has 0 fully saturated rings. The van der Waals surface area contributed by atoms with E-state index in [1.165, 1.54) is 44.4 Å². The largest absolute Gasteiger partial charge is 0.363 e. The highest BCUT2D eigenvalue weighted by Gasteiger charge is 2.12. The molecule has 0 saturated carbocycles. The second-order valence-electron chi connectivity index (χ2n) is 23.0. The molecule has 0 amide bonds. The van der Waals surface area contributed by atoms with Crippen LogP contribution < -0.4 is 0 Å². The predicted octanol–water partition coefficient (Wildman–Crippen LogP) is 19.3. The van der Waals surface area contributed by atoms with E-state index < -0.39 is 0 Å². The summed E-state index contributed by atoms with van der Waals surface area (Å²) < 4.78 is 16.8. The van der Waals surface area contributed by atoms with Gasteiger partial charge in [-0.2, -0.15) is 0 Å². The van der Waals surface area contributed by atoms with Crippen LogP contribution >= 0.6 is 0 Å². The molecule has 0 atom stereocenters. The van der Waals surface area contributed by atoms with Gasteiger partial charge >= 0.3 is 0 Å². The van der Waals surface area contributed by atoms with Crippen LogP contribution in [0.3, 0.4) is 0 Å². The molecule has 20 nitrogen and oxygen atoms in total. The zero-order valence-corrected chi connectivity index (χ0v) is 52.0. The number of fused-ring (bicyclic) bond motifs is 21. The Balaban J connectivity index is 0.000000132. The first kappa shape index (κ1) is 70.0. The fourth-order valence-electron chi connectivity index (χ4n) is 12.2. The van der Waals surface area contributed by atoms with Gasteiger partial charge in [0, 0.05) is 120 Å². The Kier molecular flexibility index (Phi) is 20.5. The second kappa shape index (κ2) is 28.7. The molecule has 0 bridgehead atoms. The van der Waals surface area contributed by atoms with Crippen molar-refractivity contribution < 1.29 is 0 Å². The molecule has 21 aromatic rings. The lowest BCUT2D eigenvalue weighted by atomic mass is 10.3. The number of rotatable bonds is 0. The lowest BCUT2D eigenvalue weighted by Crippen LogP contribution is -1.90. The Hall–Kier alpha value is -12.3. The number of aryl methyl sites for hydroxylation is 8. The van der Waals surface area contributed by atoms with Gasteiger partial charge in [-0.25, -0.2) is 29.9 Å². The number of H-pyrrole nitrogens is 6. The van der Waals surface area contributed by atoms with E-state index in [4.69, 9.17) is 0 Å². The standard InChI is InChI=1S/C11H11N3.C11H10N2.5C10H9N3.6CH4/c1-8-7-14-10-6-4-3-5-9(10)12-11(14)13(8)2;1-8-11-9(7-12-8)6-10-4-2-3-5-13(10)11;1-7-10-8(6-11-7)13-5-3-2-4-9(13)12-10;1-7-10-8(6-11-7)12-9-4-2-3-5-13(9)10;1-7-11-9-6-8-4-2-3-5-13(8)10(9)12-7;1-7-6-8-10(11-7)12-9-4-2-3-5-13(8)9;1-7-6-8-10(11-7)13-5-3-2-4-9(13)12-8;;;;;;/h3-7H,1-2H3;2-7,12H,1H3;2*2-6,11H,1H3;2-6H,1H3,(H,11,12);2*2-6,11H,1H3;6*1H4. The topological polar surface area (TPSA) is 208 Å². The predicted molar refractivity (Wildman–Crippen MR) is 410 cm³/mol. The van der Waals surface area contributed by atoms with Crippen LogP contribution in [-0.2, 0) is 7.05 Å². The minimum Gasteiger partial charge on any atom is -0.363 e. The Morgan fingerprint density at radius 3 is 1.62 bits per heavy atom. The molecule has 0 aliphatic carbocycles. The zero-order chi connectivity index (χ0) is 62.7. The van der Waals surface area contributed by atoms with Gasteiger partial charge in [0.15, 0.2) is 11.3 Å². The van der Waals surface area contributed by atoms with Crippen molar-refractivity contribution in [2.75, 3.05) is 0 Å². The number of benzene rings is 1. The summed E-state index contributed by atoms with van der Waals surface area (Å²) in [6.07, 6.45) is 20.3. The molecule has 98 heavy (non-hydrogen) atoms. The monoisotopic (exact) mass is 1310 g/mol. The summed E-state index contributed by atoms with van der Waals surface area (Å²) in [5.74, 6) is 1.96. The molecule has 6 N–H and O–H groups in total. The zero-order valence-electron chi connectivity index (χ0n) is 52.0. The maximum absolute atomic E-state index is 4.56. The first-order valence-electron chi connectivity index (χ1n) is 30.4. The molecule has 0 aliphatic rings. The van der Waals surface area contributed by atoms with Gasteiger partial charge in [-0.05, 0) is 158 Å². The number of para-hydroxylation sites is 2. The van der Waals surface area contributed by atoms with Crippen molar-refractivity contribution in [3.05, 3.63) is 260 Å². The number of hydrogen-bond acceptors (Lipinski definition) is 6. The number of imidazole rings is 7. The number of nitrogens with one attached hydrogen (secondary N) is 6. The average Bonchev–Trinajstić information content (AvgIpc) is 1.64. The first-order valence-corrected chi connectivity index (χ1v) is 30.4. The van der Waals surface area contributed by atoms with Crippen LogP contribution in [0.1, 0.15) is 84.5 Å². The van der Waals surface area contributed by atoms with Crippen molar-refractivity contribution in [3.63, 3.8) is 0 Å². The quantitative estimate of drug-likeness (QED) is 0.0870. The van der Waals surface area contributed by atoms with Crippen LogP contribution in [0.25, 0.3) is 117 Å². The smallest absolute Gasteiger partial charge is 0.214 e. The van der Waals surface area contributed by atoms with E-state index in [-0.39, 0.29) is 44.6 Å². The van der Waals surface area contributed by atoms with E-state index in [1.807, 2.05) is 181 Å². The van der Waals surface area contributed by atoms with Gasteiger partial charge in [-0.3, -0.25) is 26.4 Å². The van der Waals surface area contributed by atoms with E-state index in [0.717, 1.165) is 113 Å². The van der Waals surface area contributed by atoms with Crippen molar-refractivity contribution in [1.29, 1.82) is 0 Å². The minimum atomic E-state index is 0. The molecule has 20 heterocycles. The highest BCUT2D eigenvalue weighted by atomic mass is 15.2. The SMILES string of the molecule is C.C.C.C.C.C.Cc1[nH]cc2c1nc1ccccn12.Cc1[nH]cc2cc3ccccn3c12.Cc1[nH]cc2nc3ccccn3c12.Cc1cc2c(nc3ccccn32)[nH]1.Cc1cc2nc3ccccn3c2[nH]1.Cc1cn2c3ccccc3nc2n1C.Cc1nc2c(cc3ccccn32)[nH]1. The molecule has 0 aliphatic heterocycles. The third-order valence-corrected chi connectivity index (χ3v) is 16.6. The summed E-state index contributed by atoms with van der Waals surface area (Å²) in [5.41, 5.74) is 27.7. The maximum atomic E-state index is 4.56. The van der Waals surface area contributed by atoms with E-state index in [0.29, 0.717) is 0 Å². The van der Waals surface area contributed by atoms with Crippen LogP contribution in [0.5, 0.6) is 0 Å². The van der Waals surface area contributed by atoms with E-state index in [9.17, 15) is 0 Å². The molecular weight excluding hydrogens is 1220 g/mol. The number of hydrogen-bond donors (Lipinski definition) is 6. The Morgan fingerprint density at radius 1 is 0.367 bits per heavy atom. The molecule has 21 rings (SSSR count). The molecule has 20 heteroatoms. The summed E-state index contributed by atoms with van der Waals surface area (Å²) in [7, 11) is 2.04. The van der Waals surface area contributed by atoms with Gasteiger partial charge in [-0.1, -0.05) is 93.1 Å². The van der Waals surface area contributed by atoms with Crippen LogP contribution in [0.2, 0.25) is 0 Å². The Labute approximate surface area is 569 Å². The molecule has 0 saturated heterocycles. The van der Waals surface area contributed by atoms with Gasteiger partial charge in [0.2, 0.25) is 5.78 Å². The number of aromatic amines is 6. The summed E-state index contributed by atoms with van der Waals surface area (Å²) in [4.78, 5) is 46.1. The fraction of sp³-hybridized carbons (Fsp3) is 0.179. The number of aromatic nitrogens is 20. The molecule has 1 aromatic carbocycles. The van der Waals surface area contributed by atoms with Gasteiger partial charge in [0.1, 0.15) is 50.6 Å². The van der Waals surface area contributed by atoms with Crippen LogP contribution in [0, 0.1) is 48.5 Å². The summed E-state index contributed by atoms with van der Waals surface area (Å²) >= 11 is 0. The second-order valence-corrected chi connectivity index (χ2v) is 23.0. The van der Waals surface area contributed by atoms with Crippen LogP contribution in [-0.4, -0.2) is 95.2 Å². The van der Waals surface area contributed by atoms with Crippen molar-refractivity contribution in [2.45, 2.75) is 93.0 Å². The van der Waals surface area contributed by atoms with E-state index in [2.05, 4.69) is 189 Å². The molecule has 0 spiro atoms. The number of pyridine rings is 6. The van der Waals surface area contributed by atoms with Crippen molar-refractivity contribution in [3.8, 4) is 0 Å². The molecule has 502 valence electrons. The highest BCUT2D eigenvalue weighted by Crippen LogP contribution is 2.25. The van der Waals surface area contributed by atoms with Gasteiger partial charge in [0.05, 0.1) is 38.6 Å². The number of nitrogens with zero attached hydrogens (tertiary/aromatic N) is 14. The van der Waals surface area contributed by atoms with Gasteiger partial charge in [-0.15, -0.1) is 0 Å². The van der Waals surface area contributed by atoms with Gasteiger partial charge < -0.3 is 38.9 Å². The van der Waals surface area contributed by atoms with E-state index >= 15 is 0 Å². The average molecular weight is 1310 g/mol. The van der Waals surface area contributed by atoms with E-state index in [1.54, 1.807) is 0 Å². The summed E-state index contributed by atoms with van der Waals surface area (Å²) in [5, 5.41) is 1.28. The maximum Gasteiger partial charge on any atom is 0.214 e. The van der Waals surface area contributed by atoms with Crippen LogP contribution in [0.15, 0.2) is 220 Å². The lowest BCUT2D eigenvalue weighted by Gasteiger charge is -1.94. The molecule has 20 aromatic heterocycles. The molecule has 0 unspecified atom stereocenters. The van der Waals surface area contributed by atoms with Gasteiger partial charge in [0.25, 0.3) is 0 Å². The Bertz CT molecular complexity index is 5780. The minimum absolute atomic E-state index is 0. The first-order chi connectivity index (χ1) is 44.9. The summed E-state index contributed by atoms with van der Waals surface area (Å²) in [6.45, 7) is 14.3. The normalized spacial score (nSPS) is 10.8. The lowest BCUT2D eigenvalue weighted by molar-refractivity contribution is 0.899. The fourth-order valence-corrected chi connectivity index (χ4v) is 12.2. The van der Waals surface area contributed by atoms with Crippen LogP contribution in [0.4, 0.5) is 0 Å².